The average molecular weight is 543 g/mol. The van der Waals surface area contributed by atoms with Gasteiger partial charge in [-0.25, -0.2) is 4.39 Å². The molecule has 3 aromatic rings. The molecule has 0 radical (unpaired) electrons. The van der Waals surface area contributed by atoms with E-state index in [4.69, 9.17) is 4.74 Å². The van der Waals surface area contributed by atoms with Crippen molar-refractivity contribution in [2.45, 2.75) is 38.3 Å². The fraction of sp³-hybridized carbons (Fsp3) is 0.364. The van der Waals surface area contributed by atoms with E-state index < -0.39 is 29.6 Å². The summed E-state index contributed by atoms with van der Waals surface area (Å²) in [5.41, 5.74) is 0.795. The van der Waals surface area contributed by atoms with E-state index in [1.165, 1.54) is 19.4 Å². The van der Waals surface area contributed by atoms with Gasteiger partial charge < -0.3 is 15.4 Å². The van der Waals surface area contributed by atoms with Crippen LogP contribution in [0.25, 0.3) is 0 Å². The zero-order valence-electron chi connectivity index (χ0n) is 18.4. The first-order chi connectivity index (χ1) is 16.2. The van der Waals surface area contributed by atoms with Gasteiger partial charge >= 0.3 is 6.18 Å². The normalized spacial score (nSPS) is 13.6. The maximum absolute atomic E-state index is 15.4. The Hall–Kier alpha value is -2.54. The lowest BCUT2D eigenvalue weighted by atomic mass is 10.0. The second-order valence-electron chi connectivity index (χ2n) is 7.47. The number of aromatic nitrogens is 4. The van der Waals surface area contributed by atoms with Crippen molar-refractivity contribution in [1.29, 1.82) is 0 Å². The zero-order valence-corrected chi connectivity index (χ0v) is 20.0. The quantitative estimate of drug-likeness (QED) is 0.364. The van der Waals surface area contributed by atoms with Crippen LogP contribution in [0.2, 0.25) is 0 Å². The molecule has 0 saturated heterocycles. The number of hydrogen-bond donors (Lipinski definition) is 2. The molecule has 3 heterocycles. The highest BCUT2D eigenvalue weighted by Gasteiger charge is 2.30. The first-order valence-corrected chi connectivity index (χ1v) is 11.1. The van der Waals surface area contributed by atoms with Crippen molar-refractivity contribution < 1.29 is 22.3 Å². The van der Waals surface area contributed by atoms with E-state index in [-0.39, 0.29) is 18.8 Å². The zero-order chi connectivity index (χ0) is 24.7. The Morgan fingerprint density at radius 3 is 2.35 bits per heavy atom. The van der Waals surface area contributed by atoms with Crippen molar-refractivity contribution in [3.63, 3.8) is 0 Å². The lowest BCUT2D eigenvalue weighted by molar-refractivity contribution is -0.137. The summed E-state index contributed by atoms with van der Waals surface area (Å²) in [6.45, 7) is 2.41. The molecule has 0 aliphatic carbocycles. The molecule has 0 spiro atoms. The van der Waals surface area contributed by atoms with Crippen LogP contribution in [0.15, 0.2) is 47.3 Å². The van der Waals surface area contributed by atoms with Crippen molar-refractivity contribution >= 4 is 15.9 Å². The summed E-state index contributed by atoms with van der Waals surface area (Å²) in [6.07, 6.45) is -2.18. The minimum Gasteiger partial charge on any atom is -0.383 e. The fourth-order valence-electron chi connectivity index (χ4n) is 3.19. The van der Waals surface area contributed by atoms with Crippen LogP contribution >= 0.6 is 15.9 Å². The topological polar surface area (TPSA) is 84.9 Å². The van der Waals surface area contributed by atoms with Crippen LogP contribution in [0.1, 0.15) is 47.2 Å². The molecule has 34 heavy (non-hydrogen) atoms. The number of pyridine rings is 2. The number of nitrogens with zero attached hydrogens (tertiary/aromatic N) is 4. The Morgan fingerprint density at radius 2 is 1.74 bits per heavy atom. The number of nitrogens with one attached hydrogen (secondary N) is 2. The number of hydrogen-bond acceptors (Lipinski definition) is 7. The van der Waals surface area contributed by atoms with E-state index in [0.717, 1.165) is 12.3 Å². The van der Waals surface area contributed by atoms with Gasteiger partial charge in [0.05, 0.1) is 35.3 Å². The summed E-state index contributed by atoms with van der Waals surface area (Å²) in [7, 11) is 1.48. The molecular formula is C22H23BrF4N6O. The first-order valence-electron chi connectivity index (χ1n) is 10.3. The second-order valence-corrected chi connectivity index (χ2v) is 8.29. The van der Waals surface area contributed by atoms with Crippen LogP contribution in [-0.2, 0) is 24.0 Å². The van der Waals surface area contributed by atoms with Gasteiger partial charge in [0, 0.05) is 44.2 Å². The highest BCUT2D eigenvalue weighted by Crippen LogP contribution is 2.28. The van der Waals surface area contributed by atoms with Crippen molar-refractivity contribution in [3.8, 4) is 0 Å². The number of halogens is 5. The second kappa shape index (κ2) is 11.7. The molecule has 0 amide bonds. The molecule has 2 N–H and O–H groups in total. The van der Waals surface area contributed by atoms with Crippen LogP contribution < -0.4 is 10.6 Å². The predicted molar refractivity (Wildman–Crippen MR) is 120 cm³/mol. The molecular weight excluding hydrogens is 520 g/mol. The molecule has 3 rings (SSSR count). The van der Waals surface area contributed by atoms with Crippen molar-refractivity contribution in [2.24, 2.45) is 0 Å². The van der Waals surface area contributed by atoms with Gasteiger partial charge in [0.1, 0.15) is 4.60 Å². The molecule has 0 fully saturated rings. The fourth-order valence-corrected chi connectivity index (χ4v) is 3.40. The van der Waals surface area contributed by atoms with Gasteiger partial charge in [0.25, 0.3) is 0 Å². The lowest BCUT2D eigenvalue weighted by Gasteiger charge is -2.21. The number of methoxy groups -OCH3 is 1. The maximum Gasteiger partial charge on any atom is 0.417 e. The molecule has 7 nitrogen and oxygen atoms in total. The molecule has 0 aliphatic heterocycles. The van der Waals surface area contributed by atoms with Crippen molar-refractivity contribution in [3.05, 3.63) is 81.4 Å². The van der Waals surface area contributed by atoms with E-state index in [9.17, 15) is 13.2 Å². The Labute approximate surface area is 202 Å². The Kier molecular flexibility index (Phi) is 9.00. The number of ether oxygens (including phenoxy) is 1. The first kappa shape index (κ1) is 26.1. The van der Waals surface area contributed by atoms with Crippen LogP contribution in [-0.4, -0.2) is 33.9 Å². The average Bonchev–Trinajstić information content (AvgIpc) is 2.81. The summed E-state index contributed by atoms with van der Waals surface area (Å²) < 4.78 is 59.5. The molecule has 3 aromatic heterocycles. The third-order valence-corrected chi connectivity index (χ3v) is 5.45. The largest absolute Gasteiger partial charge is 0.417 e. The highest BCUT2D eigenvalue weighted by atomic mass is 79.9. The third-order valence-electron chi connectivity index (χ3n) is 5.02. The monoisotopic (exact) mass is 542 g/mol. The molecule has 2 atom stereocenters. The SMILES string of the molecule is COC[C@H](NCc1ccc(C(F)(F)F)cn1)c1ccnc([C@@H](C)NCc2ccc(Br)nn2)c1F. The summed E-state index contributed by atoms with van der Waals surface area (Å²) >= 11 is 3.23. The van der Waals surface area contributed by atoms with E-state index in [1.807, 2.05) is 0 Å². The molecule has 12 heteroatoms. The van der Waals surface area contributed by atoms with Gasteiger partial charge in [-0.15, -0.1) is 5.10 Å². The molecule has 0 aliphatic rings. The van der Waals surface area contributed by atoms with E-state index in [0.29, 0.717) is 28.1 Å². The predicted octanol–water partition coefficient (Wildman–Crippen LogP) is 4.52. The minimum absolute atomic E-state index is 0.124. The molecule has 0 saturated carbocycles. The van der Waals surface area contributed by atoms with Gasteiger partial charge in [0.2, 0.25) is 0 Å². The number of rotatable bonds is 10. The summed E-state index contributed by atoms with van der Waals surface area (Å²) in [6, 6.07) is 6.36. The standard InChI is InChI=1S/C22H23BrF4N6O/c1-13(29-11-16-5-6-19(23)33-32-16)21-20(24)17(7-8-28-21)18(12-34-2)31-10-15-4-3-14(9-30-15)22(25,26)27/h3-9,13,18,29,31H,10-12H2,1-2H3/t13-,18+/m1/s1. The Bertz CT molecular complexity index is 1070. The summed E-state index contributed by atoms with van der Waals surface area (Å²) in [5, 5.41) is 14.2. The van der Waals surface area contributed by atoms with Gasteiger partial charge in [-0.1, -0.05) is 0 Å². The molecule has 0 bridgehead atoms. The van der Waals surface area contributed by atoms with Gasteiger partial charge in [0.15, 0.2) is 5.82 Å². The van der Waals surface area contributed by atoms with Crippen LogP contribution in [0, 0.1) is 5.82 Å². The van der Waals surface area contributed by atoms with Crippen molar-refractivity contribution in [1.82, 2.24) is 30.8 Å². The van der Waals surface area contributed by atoms with Crippen molar-refractivity contribution in [2.75, 3.05) is 13.7 Å². The smallest absolute Gasteiger partial charge is 0.383 e. The van der Waals surface area contributed by atoms with Crippen LogP contribution in [0.5, 0.6) is 0 Å². The molecule has 182 valence electrons. The van der Waals surface area contributed by atoms with Gasteiger partial charge in [-0.3, -0.25) is 9.97 Å². The van der Waals surface area contributed by atoms with Gasteiger partial charge in [-0.2, -0.15) is 18.3 Å². The molecule has 0 aromatic carbocycles. The Balaban J connectivity index is 1.70. The van der Waals surface area contributed by atoms with Crippen LogP contribution in [0.3, 0.4) is 0 Å². The minimum atomic E-state index is -4.46. The highest BCUT2D eigenvalue weighted by molar-refractivity contribution is 9.10. The van der Waals surface area contributed by atoms with Gasteiger partial charge in [-0.05, 0) is 53.2 Å². The third kappa shape index (κ3) is 6.98. The summed E-state index contributed by atoms with van der Waals surface area (Å²) in [5.74, 6) is -0.501. The Morgan fingerprint density at radius 1 is 1.00 bits per heavy atom. The lowest BCUT2D eigenvalue weighted by Crippen LogP contribution is -2.28. The number of alkyl halides is 3. The summed E-state index contributed by atoms with van der Waals surface area (Å²) in [4.78, 5) is 8.03. The van der Waals surface area contributed by atoms with E-state index >= 15 is 4.39 Å². The maximum atomic E-state index is 15.4. The van der Waals surface area contributed by atoms with E-state index in [1.54, 1.807) is 25.1 Å². The van der Waals surface area contributed by atoms with Crippen LogP contribution in [0.4, 0.5) is 17.6 Å². The van der Waals surface area contributed by atoms with E-state index in [2.05, 4.69) is 46.7 Å². The molecule has 0 unspecified atom stereocenters.